The Bertz CT molecular complexity index is 590. The molecule has 0 spiro atoms. The van der Waals surface area contributed by atoms with Crippen molar-refractivity contribution in [3.63, 3.8) is 0 Å². The molecule has 1 aromatic rings. The van der Waals surface area contributed by atoms with Crippen LogP contribution in [0.4, 0.5) is 5.69 Å². The van der Waals surface area contributed by atoms with Crippen LogP contribution in [0, 0.1) is 11.3 Å². The third-order valence-electron chi connectivity index (χ3n) is 5.37. The zero-order valence-electron chi connectivity index (χ0n) is 14.3. The molecular weight excluding hydrogens is 286 g/mol. The SMILES string of the molecule is CC(C)C(O)C1(CN=C(N)Nc2cccc3c2CCCC3)CC1. The molecule has 0 amide bonds. The summed E-state index contributed by atoms with van der Waals surface area (Å²) in [5.74, 6) is 0.731. The number of nitrogens with two attached hydrogens (primary N) is 1. The van der Waals surface area contributed by atoms with Crippen molar-refractivity contribution in [2.75, 3.05) is 11.9 Å². The Balaban J connectivity index is 1.67. The van der Waals surface area contributed by atoms with Gasteiger partial charge < -0.3 is 16.2 Å². The Kier molecular flexibility index (Phi) is 4.62. The summed E-state index contributed by atoms with van der Waals surface area (Å²) < 4.78 is 0. The highest BCUT2D eigenvalue weighted by Crippen LogP contribution is 2.50. The minimum absolute atomic E-state index is 0.0451. The lowest BCUT2D eigenvalue weighted by atomic mass is 9.90. The summed E-state index contributed by atoms with van der Waals surface area (Å²) in [7, 11) is 0. The van der Waals surface area contributed by atoms with Crippen molar-refractivity contribution in [3.05, 3.63) is 29.3 Å². The van der Waals surface area contributed by atoms with E-state index in [9.17, 15) is 5.11 Å². The number of guanidine groups is 1. The van der Waals surface area contributed by atoms with Gasteiger partial charge in [-0.1, -0.05) is 26.0 Å². The Morgan fingerprint density at radius 2 is 2.04 bits per heavy atom. The van der Waals surface area contributed by atoms with Crippen molar-refractivity contribution in [3.8, 4) is 0 Å². The molecule has 23 heavy (non-hydrogen) atoms. The highest BCUT2D eigenvalue weighted by Gasteiger charge is 2.49. The lowest BCUT2D eigenvalue weighted by Gasteiger charge is -2.24. The van der Waals surface area contributed by atoms with Crippen molar-refractivity contribution >= 4 is 11.6 Å². The predicted octanol–water partition coefficient (Wildman–Crippen LogP) is 3.09. The number of aliphatic hydroxyl groups is 1. The van der Waals surface area contributed by atoms with Crippen LogP contribution in [0.1, 0.15) is 50.7 Å². The first-order valence-corrected chi connectivity index (χ1v) is 8.88. The average molecular weight is 315 g/mol. The number of aliphatic hydroxyl groups excluding tert-OH is 1. The lowest BCUT2D eigenvalue weighted by Crippen LogP contribution is -2.32. The maximum atomic E-state index is 10.3. The molecule has 0 radical (unpaired) electrons. The molecule has 0 heterocycles. The molecule has 1 aromatic carbocycles. The van der Waals surface area contributed by atoms with E-state index in [-0.39, 0.29) is 17.4 Å². The fourth-order valence-corrected chi connectivity index (χ4v) is 3.73. The summed E-state index contributed by atoms with van der Waals surface area (Å²) in [5.41, 5.74) is 9.98. The quantitative estimate of drug-likeness (QED) is 0.577. The number of fused-ring (bicyclic) bond motifs is 1. The van der Waals surface area contributed by atoms with Crippen LogP contribution in [0.5, 0.6) is 0 Å². The van der Waals surface area contributed by atoms with E-state index in [1.807, 2.05) is 0 Å². The van der Waals surface area contributed by atoms with E-state index in [0.29, 0.717) is 12.5 Å². The molecule has 0 aromatic heterocycles. The van der Waals surface area contributed by atoms with Crippen LogP contribution in [-0.4, -0.2) is 23.7 Å². The summed E-state index contributed by atoms with van der Waals surface area (Å²) in [4.78, 5) is 4.53. The summed E-state index contributed by atoms with van der Waals surface area (Å²) in [6, 6.07) is 6.39. The molecule has 2 aliphatic carbocycles. The maximum absolute atomic E-state index is 10.3. The molecule has 1 atom stereocenters. The molecule has 0 aliphatic heterocycles. The summed E-state index contributed by atoms with van der Waals surface area (Å²) in [6.45, 7) is 4.73. The second-order valence-corrected chi connectivity index (χ2v) is 7.53. The van der Waals surface area contributed by atoms with Crippen LogP contribution in [0.3, 0.4) is 0 Å². The molecule has 4 nitrogen and oxygen atoms in total. The number of nitrogens with one attached hydrogen (secondary N) is 1. The van der Waals surface area contributed by atoms with E-state index >= 15 is 0 Å². The largest absolute Gasteiger partial charge is 0.392 e. The van der Waals surface area contributed by atoms with Gasteiger partial charge in [0.1, 0.15) is 0 Å². The average Bonchev–Trinajstić information content (AvgIpc) is 3.34. The number of nitrogens with zero attached hydrogens (tertiary/aromatic N) is 1. The minimum atomic E-state index is -0.288. The topological polar surface area (TPSA) is 70.6 Å². The zero-order valence-corrected chi connectivity index (χ0v) is 14.3. The summed E-state index contributed by atoms with van der Waals surface area (Å²) in [6.07, 6.45) is 6.59. The lowest BCUT2D eigenvalue weighted by molar-refractivity contribution is 0.0549. The van der Waals surface area contributed by atoms with Crippen molar-refractivity contribution < 1.29 is 5.11 Å². The third kappa shape index (κ3) is 3.52. The van der Waals surface area contributed by atoms with Crippen LogP contribution in [-0.2, 0) is 12.8 Å². The van der Waals surface area contributed by atoms with Crippen LogP contribution < -0.4 is 11.1 Å². The standard InChI is InChI=1S/C19H29N3O/c1-13(2)17(23)19(10-11-19)12-21-18(20)22-16-9-5-7-14-6-3-4-8-15(14)16/h5,7,9,13,17,23H,3-4,6,8,10-12H2,1-2H3,(H3,20,21,22). The highest BCUT2D eigenvalue weighted by atomic mass is 16.3. The molecule has 4 heteroatoms. The third-order valence-corrected chi connectivity index (χ3v) is 5.37. The van der Waals surface area contributed by atoms with Crippen molar-refractivity contribution in [2.24, 2.45) is 22.1 Å². The molecule has 2 aliphatic rings. The van der Waals surface area contributed by atoms with E-state index in [0.717, 1.165) is 31.4 Å². The maximum Gasteiger partial charge on any atom is 0.193 e. The van der Waals surface area contributed by atoms with Crippen molar-refractivity contribution in [1.82, 2.24) is 0 Å². The van der Waals surface area contributed by atoms with Gasteiger partial charge in [-0.2, -0.15) is 0 Å². The van der Waals surface area contributed by atoms with Crippen LogP contribution >= 0.6 is 0 Å². The van der Waals surface area contributed by atoms with Crippen molar-refractivity contribution in [2.45, 2.75) is 58.5 Å². The van der Waals surface area contributed by atoms with Gasteiger partial charge in [0.15, 0.2) is 5.96 Å². The van der Waals surface area contributed by atoms with Gasteiger partial charge in [-0.15, -0.1) is 0 Å². The number of hydrogen-bond donors (Lipinski definition) is 3. The molecule has 126 valence electrons. The number of aryl methyl sites for hydroxylation is 1. The van der Waals surface area contributed by atoms with Gasteiger partial charge in [-0.05, 0) is 61.6 Å². The van der Waals surface area contributed by atoms with Crippen LogP contribution in [0.15, 0.2) is 23.2 Å². The molecule has 1 unspecified atom stereocenters. The van der Waals surface area contributed by atoms with E-state index in [1.165, 1.54) is 24.0 Å². The second-order valence-electron chi connectivity index (χ2n) is 7.53. The van der Waals surface area contributed by atoms with E-state index in [4.69, 9.17) is 5.73 Å². The van der Waals surface area contributed by atoms with Gasteiger partial charge >= 0.3 is 0 Å². The molecule has 4 N–H and O–H groups in total. The molecule has 0 bridgehead atoms. The number of benzene rings is 1. The van der Waals surface area contributed by atoms with Gasteiger partial charge in [0.2, 0.25) is 0 Å². The Labute approximate surface area is 139 Å². The first-order valence-electron chi connectivity index (χ1n) is 8.88. The Morgan fingerprint density at radius 1 is 1.30 bits per heavy atom. The van der Waals surface area contributed by atoms with Gasteiger partial charge in [-0.25, -0.2) is 0 Å². The molecule has 0 saturated heterocycles. The van der Waals surface area contributed by atoms with Gasteiger partial charge in [-0.3, -0.25) is 4.99 Å². The van der Waals surface area contributed by atoms with Gasteiger partial charge in [0.05, 0.1) is 12.6 Å². The van der Waals surface area contributed by atoms with E-state index in [1.54, 1.807) is 0 Å². The minimum Gasteiger partial charge on any atom is -0.392 e. The monoisotopic (exact) mass is 315 g/mol. The van der Waals surface area contributed by atoms with E-state index < -0.39 is 0 Å². The van der Waals surface area contributed by atoms with Crippen LogP contribution in [0.2, 0.25) is 0 Å². The fourth-order valence-electron chi connectivity index (χ4n) is 3.73. The summed E-state index contributed by atoms with van der Waals surface area (Å²) in [5, 5.41) is 13.6. The second kappa shape index (κ2) is 6.52. The number of aliphatic imine (C=N–C) groups is 1. The number of rotatable bonds is 5. The predicted molar refractivity (Wildman–Crippen MR) is 95.7 cm³/mol. The van der Waals surface area contributed by atoms with Gasteiger partial charge in [0.25, 0.3) is 0 Å². The Morgan fingerprint density at radius 3 is 2.74 bits per heavy atom. The van der Waals surface area contributed by atoms with E-state index in [2.05, 4.69) is 42.4 Å². The first kappa shape index (κ1) is 16.3. The zero-order chi connectivity index (χ0) is 16.4. The summed E-state index contributed by atoms with van der Waals surface area (Å²) >= 11 is 0. The first-order chi connectivity index (χ1) is 11.0. The molecule has 1 saturated carbocycles. The van der Waals surface area contributed by atoms with Crippen LogP contribution in [0.25, 0.3) is 0 Å². The molecule has 1 fully saturated rings. The molecule has 3 rings (SSSR count). The molecular formula is C19H29N3O. The number of hydrogen-bond acceptors (Lipinski definition) is 2. The Hall–Kier alpha value is -1.55. The van der Waals surface area contributed by atoms with Gasteiger partial charge in [0, 0.05) is 11.1 Å². The number of anilines is 1. The fraction of sp³-hybridized carbons (Fsp3) is 0.632. The smallest absolute Gasteiger partial charge is 0.193 e. The highest BCUT2D eigenvalue weighted by molar-refractivity contribution is 5.93. The van der Waals surface area contributed by atoms with Crippen molar-refractivity contribution in [1.29, 1.82) is 0 Å². The normalized spacial score (nSPS) is 21.0.